The van der Waals surface area contributed by atoms with Gasteiger partial charge in [-0.05, 0) is 67.6 Å². The summed E-state index contributed by atoms with van der Waals surface area (Å²) in [5, 5.41) is 12.7. The summed E-state index contributed by atoms with van der Waals surface area (Å²) in [6.07, 6.45) is 0. The van der Waals surface area contributed by atoms with Crippen molar-refractivity contribution in [2.75, 3.05) is 18.2 Å². The quantitative estimate of drug-likeness (QED) is 0.307. The third-order valence-electron chi connectivity index (χ3n) is 4.88. The number of rotatable bonds is 9. The molecule has 9 heteroatoms. The van der Waals surface area contributed by atoms with E-state index in [4.69, 9.17) is 21.1 Å². The van der Waals surface area contributed by atoms with Crippen molar-refractivity contribution >= 4 is 35.0 Å². The molecule has 3 aromatic carbocycles. The standard InChI is InChI=1S/C25H23ClN4O3S/c1-17-3-11-22(12-4-17)33-15-23-28-29-25(30(23)20-9-13-21(32-2)14-10-20)34-16-24(31)27-19-7-5-18(26)6-8-19/h3-14H,15-16H2,1-2H3,(H,27,31). The van der Waals surface area contributed by atoms with Crippen LogP contribution in [-0.4, -0.2) is 33.5 Å². The summed E-state index contributed by atoms with van der Waals surface area (Å²) in [4.78, 5) is 12.5. The Morgan fingerprint density at radius 2 is 1.65 bits per heavy atom. The molecule has 0 saturated heterocycles. The minimum atomic E-state index is -0.158. The van der Waals surface area contributed by atoms with E-state index >= 15 is 0 Å². The number of hydrogen-bond acceptors (Lipinski definition) is 6. The van der Waals surface area contributed by atoms with Gasteiger partial charge >= 0.3 is 0 Å². The van der Waals surface area contributed by atoms with E-state index in [9.17, 15) is 4.79 Å². The molecule has 1 heterocycles. The van der Waals surface area contributed by atoms with Crippen LogP contribution in [0.2, 0.25) is 5.02 Å². The normalized spacial score (nSPS) is 10.7. The van der Waals surface area contributed by atoms with Crippen molar-refractivity contribution in [3.8, 4) is 17.2 Å². The zero-order chi connectivity index (χ0) is 23.9. The molecule has 1 aromatic heterocycles. The molecule has 0 atom stereocenters. The number of nitrogens with zero attached hydrogens (tertiary/aromatic N) is 3. The highest BCUT2D eigenvalue weighted by Gasteiger charge is 2.17. The number of thioether (sulfide) groups is 1. The summed E-state index contributed by atoms with van der Waals surface area (Å²) in [6, 6.07) is 22.3. The lowest BCUT2D eigenvalue weighted by Gasteiger charge is -2.12. The Morgan fingerprint density at radius 3 is 2.32 bits per heavy atom. The van der Waals surface area contributed by atoms with E-state index in [1.165, 1.54) is 11.8 Å². The van der Waals surface area contributed by atoms with Crippen molar-refractivity contribution in [1.82, 2.24) is 14.8 Å². The Hall–Kier alpha value is -3.49. The minimum absolute atomic E-state index is 0.158. The van der Waals surface area contributed by atoms with E-state index in [0.717, 1.165) is 22.7 Å². The van der Waals surface area contributed by atoms with Crippen LogP contribution >= 0.6 is 23.4 Å². The molecule has 1 amide bonds. The van der Waals surface area contributed by atoms with Gasteiger partial charge in [0.05, 0.1) is 12.9 Å². The first-order chi connectivity index (χ1) is 16.5. The average Bonchev–Trinajstić information content (AvgIpc) is 3.26. The highest BCUT2D eigenvalue weighted by molar-refractivity contribution is 7.99. The molecule has 4 rings (SSSR count). The first-order valence-electron chi connectivity index (χ1n) is 10.5. The molecule has 0 bridgehead atoms. The van der Waals surface area contributed by atoms with E-state index < -0.39 is 0 Å². The van der Waals surface area contributed by atoms with Crippen LogP contribution in [0.4, 0.5) is 5.69 Å². The Balaban J connectivity index is 1.51. The molecule has 0 spiro atoms. The van der Waals surface area contributed by atoms with E-state index in [-0.39, 0.29) is 18.3 Å². The number of carbonyl (C=O) groups excluding carboxylic acids is 1. The van der Waals surface area contributed by atoms with E-state index in [1.807, 2.05) is 60.0 Å². The maximum atomic E-state index is 12.5. The number of hydrogen-bond donors (Lipinski definition) is 1. The molecule has 0 aliphatic rings. The van der Waals surface area contributed by atoms with E-state index in [0.29, 0.717) is 21.7 Å². The van der Waals surface area contributed by atoms with Crippen LogP contribution in [0.5, 0.6) is 11.5 Å². The number of nitrogens with one attached hydrogen (secondary N) is 1. The summed E-state index contributed by atoms with van der Waals surface area (Å²) in [7, 11) is 1.62. The highest BCUT2D eigenvalue weighted by Crippen LogP contribution is 2.25. The molecule has 0 aliphatic carbocycles. The van der Waals surface area contributed by atoms with Crippen LogP contribution in [0.25, 0.3) is 5.69 Å². The molecule has 4 aromatic rings. The Labute approximate surface area is 207 Å². The highest BCUT2D eigenvalue weighted by atomic mass is 35.5. The molecule has 0 radical (unpaired) electrons. The smallest absolute Gasteiger partial charge is 0.234 e. The van der Waals surface area contributed by atoms with Gasteiger partial charge in [0.15, 0.2) is 11.0 Å². The Kier molecular flexibility index (Phi) is 7.72. The molecule has 0 saturated carbocycles. The van der Waals surface area contributed by atoms with E-state index in [2.05, 4.69) is 15.5 Å². The van der Waals surface area contributed by atoms with Gasteiger partial charge in [0.25, 0.3) is 0 Å². The number of benzene rings is 3. The molecule has 1 N–H and O–H groups in total. The van der Waals surface area contributed by atoms with Crippen LogP contribution in [0.3, 0.4) is 0 Å². The number of carbonyl (C=O) groups is 1. The molecule has 0 unspecified atom stereocenters. The lowest BCUT2D eigenvalue weighted by molar-refractivity contribution is -0.113. The second kappa shape index (κ2) is 11.1. The average molecular weight is 495 g/mol. The largest absolute Gasteiger partial charge is 0.497 e. The SMILES string of the molecule is COc1ccc(-n2c(COc3ccc(C)cc3)nnc2SCC(=O)Nc2ccc(Cl)cc2)cc1. The van der Waals surface area contributed by atoms with Crippen molar-refractivity contribution in [2.24, 2.45) is 0 Å². The molecule has 7 nitrogen and oxygen atoms in total. The second-order valence-corrected chi connectivity index (χ2v) is 8.76. The van der Waals surface area contributed by atoms with E-state index in [1.54, 1.807) is 31.4 Å². The summed E-state index contributed by atoms with van der Waals surface area (Å²) in [5.41, 5.74) is 2.68. The van der Waals surface area contributed by atoms with Gasteiger partial charge in [0.2, 0.25) is 5.91 Å². The molecule has 0 fully saturated rings. The van der Waals surface area contributed by atoms with Crippen molar-refractivity contribution < 1.29 is 14.3 Å². The summed E-state index contributed by atoms with van der Waals surface area (Å²) < 4.78 is 13.1. The van der Waals surface area contributed by atoms with Gasteiger partial charge in [0.1, 0.15) is 18.1 Å². The number of halogens is 1. The fourth-order valence-electron chi connectivity index (χ4n) is 3.12. The van der Waals surface area contributed by atoms with Crippen molar-refractivity contribution in [2.45, 2.75) is 18.7 Å². The number of methoxy groups -OCH3 is 1. The molecule has 34 heavy (non-hydrogen) atoms. The van der Waals surface area contributed by atoms with Gasteiger partial charge < -0.3 is 14.8 Å². The summed E-state index contributed by atoms with van der Waals surface area (Å²) >= 11 is 7.20. The maximum Gasteiger partial charge on any atom is 0.234 e. The Morgan fingerprint density at radius 1 is 0.971 bits per heavy atom. The molecular weight excluding hydrogens is 472 g/mol. The maximum absolute atomic E-state index is 12.5. The molecule has 174 valence electrons. The zero-order valence-corrected chi connectivity index (χ0v) is 20.3. The number of anilines is 1. The van der Waals surface area contributed by atoms with Crippen molar-refractivity contribution in [1.29, 1.82) is 0 Å². The predicted octanol–water partition coefficient (Wildman–Crippen LogP) is 5.55. The number of aromatic nitrogens is 3. The summed E-state index contributed by atoms with van der Waals surface area (Å²) in [6.45, 7) is 2.25. The van der Waals surface area contributed by atoms with Gasteiger partial charge in [-0.3, -0.25) is 9.36 Å². The predicted molar refractivity (Wildman–Crippen MR) is 134 cm³/mol. The lowest BCUT2D eigenvalue weighted by atomic mass is 10.2. The van der Waals surface area contributed by atoms with Crippen LogP contribution in [0.1, 0.15) is 11.4 Å². The first-order valence-corrected chi connectivity index (χ1v) is 11.8. The third kappa shape index (κ3) is 6.09. The van der Waals surface area contributed by atoms with Crippen LogP contribution < -0.4 is 14.8 Å². The topological polar surface area (TPSA) is 78.3 Å². The van der Waals surface area contributed by atoms with Gasteiger partial charge in [-0.1, -0.05) is 41.1 Å². The molecule has 0 aliphatic heterocycles. The number of aryl methyl sites for hydroxylation is 1. The summed E-state index contributed by atoms with van der Waals surface area (Å²) in [5.74, 6) is 2.10. The number of amides is 1. The zero-order valence-electron chi connectivity index (χ0n) is 18.7. The molecular formula is C25H23ClN4O3S. The van der Waals surface area contributed by atoms with Crippen molar-refractivity contribution in [3.63, 3.8) is 0 Å². The van der Waals surface area contributed by atoms with Crippen LogP contribution in [0, 0.1) is 6.92 Å². The first kappa shape index (κ1) is 23.7. The third-order valence-corrected chi connectivity index (χ3v) is 6.06. The lowest BCUT2D eigenvalue weighted by Crippen LogP contribution is -2.14. The fourth-order valence-corrected chi connectivity index (χ4v) is 4.02. The number of ether oxygens (including phenoxy) is 2. The van der Waals surface area contributed by atoms with Crippen LogP contribution in [0.15, 0.2) is 78.0 Å². The van der Waals surface area contributed by atoms with Crippen LogP contribution in [-0.2, 0) is 11.4 Å². The monoisotopic (exact) mass is 494 g/mol. The van der Waals surface area contributed by atoms with Gasteiger partial charge in [-0.25, -0.2) is 0 Å². The Bertz CT molecular complexity index is 1240. The van der Waals surface area contributed by atoms with Gasteiger partial charge in [-0.2, -0.15) is 0 Å². The minimum Gasteiger partial charge on any atom is -0.497 e. The van der Waals surface area contributed by atoms with Gasteiger partial charge in [0, 0.05) is 16.4 Å². The fraction of sp³-hybridized carbons (Fsp3) is 0.160. The second-order valence-electron chi connectivity index (χ2n) is 7.38. The van der Waals surface area contributed by atoms with Crippen molar-refractivity contribution in [3.05, 3.63) is 89.2 Å². The van der Waals surface area contributed by atoms with Gasteiger partial charge in [-0.15, -0.1) is 10.2 Å².